The molecule has 1 heterocycles. The number of nitrogens with zero attached hydrogens (tertiary/aromatic N) is 1. The SMILES string of the molecule is CC.CC.COC(=O)c1c(CBr)c(-c2ccccc2)nc2ccccc12. The number of benzene rings is 2. The first-order valence-corrected chi connectivity index (χ1v) is 9.99. The minimum Gasteiger partial charge on any atom is -0.465 e. The average Bonchev–Trinajstić information content (AvgIpc) is 2.75. The van der Waals surface area contributed by atoms with Gasteiger partial charge in [-0.15, -0.1) is 0 Å². The van der Waals surface area contributed by atoms with Crippen molar-refractivity contribution in [2.24, 2.45) is 0 Å². The van der Waals surface area contributed by atoms with Gasteiger partial charge in [0.15, 0.2) is 0 Å². The number of para-hydroxylation sites is 1. The number of esters is 1. The van der Waals surface area contributed by atoms with E-state index in [1.165, 1.54) is 7.11 Å². The molecule has 0 radical (unpaired) electrons. The summed E-state index contributed by atoms with van der Waals surface area (Å²) in [5.41, 5.74) is 3.98. The second kappa shape index (κ2) is 11.4. The zero-order chi connectivity index (χ0) is 19.5. The first kappa shape index (κ1) is 21.8. The van der Waals surface area contributed by atoms with Gasteiger partial charge in [-0.1, -0.05) is 92.2 Å². The number of alkyl halides is 1. The summed E-state index contributed by atoms with van der Waals surface area (Å²) >= 11 is 3.49. The molecule has 3 nitrogen and oxygen atoms in total. The lowest BCUT2D eigenvalue weighted by atomic mass is 9.98. The number of pyridine rings is 1. The highest BCUT2D eigenvalue weighted by atomic mass is 79.9. The van der Waals surface area contributed by atoms with Crippen LogP contribution < -0.4 is 0 Å². The number of carbonyl (C=O) groups excluding carboxylic acids is 1. The number of halogens is 1. The van der Waals surface area contributed by atoms with Gasteiger partial charge in [0.1, 0.15) is 0 Å². The Morgan fingerprint density at radius 1 is 0.962 bits per heavy atom. The lowest BCUT2D eigenvalue weighted by molar-refractivity contribution is 0.0602. The van der Waals surface area contributed by atoms with Crippen LogP contribution >= 0.6 is 15.9 Å². The number of fused-ring (bicyclic) bond motifs is 1. The fraction of sp³-hybridized carbons (Fsp3) is 0.273. The van der Waals surface area contributed by atoms with Gasteiger partial charge in [0.2, 0.25) is 0 Å². The molecule has 2 aromatic carbocycles. The van der Waals surface area contributed by atoms with E-state index in [2.05, 4.69) is 15.9 Å². The predicted molar refractivity (Wildman–Crippen MR) is 114 cm³/mol. The smallest absolute Gasteiger partial charge is 0.338 e. The zero-order valence-electron chi connectivity index (χ0n) is 16.0. The fourth-order valence-corrected chi connectivity index (χ4v) is 3.10. The van der Waals surface area contributed by atoms with E-state index in [1.807, 2.05) is 82.3 Å². The maximum absolute atomic E-state index is 12.3. The van der Waals surface area contributed by atoms with E-state index in [0.29, 0.717) is 10.9 Å². The van der Waals surface area contributed by atoms with Crippen LogP contribution in [-0.4, -0.2) is 18.1 Å². The molecule has 0 atom stereocenters. The second-order valence-electron chi connectivity index (χ2n) is 4.82. The van der Waals surface area contributed by atoms with Crippen LogP contribution in [0.15, 0.2) is 54.6 Å². The number of ether oxygens (including phenoxy) is 1. The van der Waals surface area contributed by atoms with Gasteiger partial charge in [0.05, 0.1) is 23.9 Å². The van der Waals surface area contributed by atoms with Crippen LogP contribution in [0.2, 0.25) is 0 Å². The van der Waals surface area contributed by atoms with Crippen LogP contribution in [0.5, 0.6) is 0 Å². The summed E-state index contributed by atoms with van der Waals surface area (Å²) in [5.74, 6) is -0.342. The van der Waals surface area contributed by atoms with E-state index in [9.17, 15) is 4.79 Å². The van der Waals surface area contributed by atoms with Crippen molar-refractivity contribution < 1.29 is 9.53 Å². The van der Waals surface area contributed by atoms with Crippen molar-refractivity contribution in [2.75, 3.05) is 7.11 Å². The molecule has 0 saturated heterocycles. The summed E-state index contributed by atoms with van der Waals surface area (Å²) in [6, 6.07) is 17.5. The van der Waals surface area contributed by atoms with Gasteiger partial charge in [-0.05, 0) is 6.07 Å². The standard InChI is InChI=1S/C18H14BrNO2.2C2H6/c1-22-18(21)16-13-9-5-6-10-15(13)20-17(14(16)11-19)12-7-3-2-4-8-12;2*1-2/h2-10H,11H2,1H3;2*1-2H3. The molecule has 0 N–H and O–H groups in total. The molecule has 138 valence electrons. The Morgan fingerprint density at radius 3 is 2.12 bits per heavy atom. The van der Waals surface area contributed by atoms with Crippen LogP contribution in [-0.2, 0) is 10.1 Å². The Kier molecular flexibility index (Phi) is 9.60. The normalized spacial score (nSPS) is 9.46. The van der Waals surface area contributed by atoms with Gasteiger partial charge in [0, 0.05) is 21.8 Å². The molecular formula is C22H26BrNO2. The molecule has 0 unspecified atom stereocenters. The topological polar surface area (TPSA) is 39.2 Å². The van der Waals surface area contributed by atoms with Gasteiger partial charge < -0.3 is 4.74 Å². The van der Waals surface area contributed by atoms with Gasteiger partial charge in [-0.25, -0.2) is 9.78 Å². The van der Waals surface area contributed by atoms with E-state index in [-0.39, 0.29) is 5.97 Å². The molecule has 0 aliphatic heterocycles. The summed E-state index contributed by atoms with van der Waals surface area (Å²) in [7, 11) is 1.40. The van der Waals surface area contributed by atoms with Crippen molar-refractivity contribution in [1.29, 1.82) is 0 Å². The quantitative estimate of drug-likeness (QED) is 0.355. The Hall–Kier alpha value is -2.20. The van der Waals surface area contributed by atoms with Crippen LogP contribution in [0, 0.1) is 0 Å². The van der Waals surface area contributed by atoms with Crippen molar-refractivity contribution in [3.05, 3.63) is 65.7 Å². The van der Waals surface area contributed by atoms with Crippen molar-refractivity contribution in [1.82, 2.24) is 4.98 Å². The number of carbonyl (C=O) groups is 1. The summed E-state index contributed by atoms with van der Waals surface area (Å²) < 4.78 is 4.99. The Morgan fingerprint density at radius 2 is 1.54 bits per heavy atom. The Bertz CT molecular complexity index is 832. The Balaban J connectivity index is 0.000000791. The molecule has 0 aliphatic carbocycles. The maximum Gasteiger partial charge on any atom is 0.338 e. The molecule has 0 bridgehead atoms. The fourth-order valence-electron chi connectivity index (χ4n) is 2.55. The molecule has 0 fully saturated rings. The third kappa shape index (κ3) is 4.70. The van der Waals surface area contributed by atoms with Gasteiger partial charge in [0.25, 0.3) is 0 Å². The zero-order valence-corrected chi connectivity index (χ0v) is 17.6. The summed E-state index contributed by atoms with van der Waals surface area (Å²) in [5, 5.41) is 1.34. The second-order valence-corrected chi connectivity index (χ2v) is 5.38. The van der Waals surface area contributed by atoms with E-state index in [1.54, 1.807) is 0 Å². The third-order valence-corrected chi connectivity index (χ3v) is 4.12. The van der Waals surface area contributed by atoms with Crippen molar-refractivity contribution in [3.8, 4) is 11.3 Å². The highest BCUT2D eigenvalue weighted by molar-refractivity contribution is 9.08. The van der Waals surface area contributed by atoms with Crippen LogP contribution in [0.1, 0.15) is 43.6 Å². The highest BCUT2D eigenvalue weighted by Gasteiger charge is 2.21. The number of aromatic nitrogens is 1. The van der Waals surface area contributed by atoms with Crippen molar-refractivity contribution in [2.45, 2.75) is 33.0 Å². The lowest BCUT2D eigenvalue weighted by Gasteiger charge is -2.14. The monoisotopic (exact) mass is 415 g/mol. The molecule has 1 aromatic heterocycles. The third-order valence-electron chi connectivity index (χ3n) is 3.56. The molecule has 3 aromatic rings. The molecule has 0 spiro atoms. The number of methoxy groups -OCH3 is 1. The van der Waals surface area contributed by atoms with E-state index in [4.69, 9.17) is 9.72 Å². The first-order valence-electron chi connectivity index (χ1n) is 8.87. The summed E-state index contributed by atoms with van der Waals surface area (Å²) in [4.78, 5) is 17.1. The molecule has 4 heteroatoms. The molecule has 0 aliphatic rings. The highest BCUT2D eigenvalue weighted by Crippen LogP contribution is 2.32. The molecule has 26 heavy (non-hydrogen) atoms. The van der Waals surface area contributed by atoms with Crippen LogP contribution in [0.4, 0.5) is 0 Å². The van der Waals surface area contributed by atoms with E-state index < -0.39 is 0 Å². The largest absolute Gasteiger partial charge is 0.465 e. The van der Waals surface area contributed by atoms with Crippen LogP contribution in [0.25, 0.3) is 22.2 Å². The van der Waals surface area contributed by atoms with Gasteiger partial charge >= 0.3 is 5.97 Å². The van der Waals surface area contributed by atoms with Crippen LogP contribution in [0.3, 0.4) is 0 Å². The number of rotatable bonds is 3. The summed E-state index contributed by atoms with van der Waals surface area (Å²) in [6.07, 6.45) is 0. The molecule has 0 amide bonds. The summed E-state index contributed by atoms with van der Waals surface area (Å²) in [6.45, 7) is 8.00. The average molecular weight is 416 g/mol. The first-order chi connectivity index (χ1) is 12.8. The minimum absolute atomic E-state index is 0.342. The van der Waals surface area contributed by atoms with Gasteiger partial charge in [-0.2, -0.15) is 0 Å². The minimum atomic E-state index is -0.342. The van der Waals surface area contributed by atoms with E-state index >= 15 is 0 Å². The van der Waals surface area contributed by atoms with E-state index in [0.717, 1.165) is 27.7 Å². The lowest BCUT2D eigenvalue weighted by Crippen LogP contribution is -2.09. The van der Waals surface area contributed by atoms with Gasteiger partial charge in [-0.3, -0.25) is 0 Å². The molecule has 0 saturated carbocycles. The maximum atomic E-state index is 12.3. The van der Waals surface area contributed by atoms with Crippen molar-refractivity contribution >= 4 is 32.8 Å². The molecular weight excluding hydrogens is 390 g/mol. The Labute approximate surface area is 164 Å². The molecule has 3 rings (SSSR count). The number of hydrogen-bond acceptors (Lipinski definition) is 3. The number of hydrogen-bond donors (Lipinski definition) is 0. The van der Waals surface area contributed by atoms with Crippen molar-refractivity contribution in [3.63, 3.8) is 0 Å². The predicted octanol–water partition coefficient (Wildman–Crippen LogP) is 6.64.